The van der Waals surface area contributed by atoms with Gasteiger partial charge in [0.1, 0.15) is 11.6 Å². The molecule has 128 valence electrons. The van der Waals surface area contributed by atoms with Crippen LogP contribution in [0.25, 0.3) is 0 Å². The van der Waals surface area contributed by atoms with Crippen LogP contribution >= 0.6 is 0 Å². The van der Waals surface area contributed by atoms with Crippen LogP contribution in [0.15, 0.2) is 30.7 Å². The maximum atomic E-state index is 11.7. The molecule has 0 unspecified atom stereocenters. The van der Waals surface area contributed by atoms with Gasteiger partial charge in [-0.3, -0.25) is 4.79 Å². The first kappa shape index (κ1) is 16.4. The lowest BCUT2D eigenvalue weighted by Gasteiger charge is -2.34. The highest BCUT2D eigenvalue weighted by Gasteiger charge is 2.27. The summed E-state index contributed by atoms with van der Waals surface area (Å²) < 4.78 is 7.31. The van der Waals surface area contributed by atoms with E-state index in [2.05, 4.69) is 19.4 Å². The van der Waals surface area contributed by atoms with Gasteiger partial charge in [0.05, 0.1) is 12.2 Å². The van der Waals surface area contributed by atoms with E-state index in [0.717, 1.165) is 38.3 Å². The summed E-state index contributed by atoms with van der Waals surface area (Å²) in [6, 6.07) is 3.47. The standard InChI is InChI=1S/C17H23N5O2/c1-24-11-10-21-9-7-20-16(21)13-4-3-8-22(12-13)17-14(15(18)23)5-2-6-19-17/h2,5-7,9,13H,3-4,8,10-12H2,1H3,(H2,18,23)/t13-/m1/s1. The van der Waals surface area contributed by atoms with Gasteiger partial charge in [0.25, 0.3) is 5.91 Å². The smallest absolute Gasteiger partial charge is 0.252 e. The van der Waals surface area contributed by atoms with Gasteiger partial charge in [0.15, 0.2) is 0 Å². The molecule has 1 aliphatic heterocycles. The molecule has 7 nitrogen and oxygen atoms in total. The van der Waals surface area contributed by atoms with Crippen molar-refractivity contribution in [1.29, 1.82) is 0 Å². The number of carbonyl (C=O) groups excluding carboxylic acids is 1. The highest BCUT2D eigenvalue weighted by Crippen LogP contribution is 2.29. The summed E-state index contributed by atoms with van der Waals surface area (Å²) >= 11 is 0. The molecule has 1 atom stereocenters. The molecule has 2 aromatic rings. The van der Waals surface area contributed by atoms with Crippen molar-refractivity contribution < 1.29 is 9.53 Å². The fraction of sp³-hybridized carbons (Fsp3) is 0.471. The maximum Gasteiger partial charge on any atom is 0.252 e. The zero-order valence-electron chi connectivity index (χ0n) is 13.9. The van der Waals surface area contributed by atoms with E-state index < -0.39 is 5.91 Å². The third-order valence-corrected chi connectivity index (χ3v) is 4.42. The van der Waals surface area contributed by atoms with Crippen LogP contribution in [0.3, 0.4) is 0 Å². The summed E-state index contributed by atoms with van der Waals surface area (Å²) in [5, 5.41) is 0. The van der Waals surface area contributed by atoms with Crippen molar-refractivity contribution in [3.05, 3.63) is 42.1 Å². The molecule has 0 aliphatic carbocycles. The largest absolute Gasteiger partial charge is 0.383 e. The molecule has 2 aromatic heterocycles. The number of aromatic nitrogens is 3. The molecule has 2 N–H and O–H groups in total. The fourth-order valence-electron chi connectivity index (χ4n) is 3.28. The van der Waals surface area contributed by atoms with Gasteiger partial charge in [-0.25, -0.2) is 9.97 Å². The number of hydrogen-bond acceptors (Lipinski definition) is 5. The Kier molecular flexibility index (Phi) is 5.10. The maximum absolute atomic E-state index is 11.7. The molecule has 1 fully saturated rings. The summed E-state index contributed by atoms with van der Waals surface area (Å²) in [6.45, 7) is 3.10. The Hall–Kier alpha value is -2.41. The minimum absolute atomic E-state index is 0.299. The quantitative estimate of drug-likeness (QED) is 0.866. The van der Waals surface area contributed by atoms with E-state index in [4.69, 9.17) is 10.5 Å². The summed E-state index contributed by atoms with van der Waals surface area (Å²) in [7, 11) is 1.70. The average Bonchev–Trinajstić information content (AvgIpc) is 3.08. The Labute approximate surface area is 141 Å². The van der Waals surface area contributed by atoms with E-state index in [1.54, 1.807) is 25.4 Å². The van der Waals surface area contributed by atoms with Gasteiger partial charge in [0, 0.05) is 51.3 Å². The van der Waals surface area contributed by atoms with E-state index in [1.807, 2.05) is 12.4 Å². The first-order valence-electron chi connectivity index (χ1n) is 8.20. The third kappa shape index (κ3) is 3.41. The zero-order chi connectivity index (χ0) is 16.9. The van der Waals surface area contributed by atoms with Crippen molar-refractivity contribution in [2.24, 2.45) is 5.73 Å². The number of primary amides is 1. The van der Waals surface area contributed by atoms with Crippen LogP contribution in [-0.2, 0) is 11.3 Å². The van der Waals surface area contributed by atoms with Crippen molar-refractivity contribution in [2.75, 3.05) is 31.7 Å². The van der Waals surface area contributed by atoms with Crippen molar-refractivity contribution in [3.63, 3.8) is 0 Å². The van der Waals surface area contributed by atoms with Crippen LogP contribution in [0.4, 0.5) is 5.82 Å². The number of nitrogens with two attached hydrogens (primary N) is 1. The minimum Gasteiger partial charge on any atom is -0.383 e. The molecule has 7 heteroatoms. The van der Waals surface area contributed by atoms with Gasteiger partial charge in [-0.1, -0.05) is 0 Å². The molecule has 0 aromatic carbocycles. The van der Waals surface area contributed by atoms with Gasteiger partial charge in [0.2, 0.25) is 0 Å². The normalized spacial score (nSPS) is 17.9. The lowest BCUT2D eigenvalue weighted by Crippen LogP contribution is -2.37. The van der Waals surface area contributed by atoms with Crippen LogP contribution in [0.5, 0.6) is 0 Å². The molecule has 1 saturated heterocycles. The molecule has 1 aliphatic rings. The molecule has 24 heavy (non-hydrogen) atoms. The molecule has 0 bridgehead atoms. The molecule has 0 radical (unpaired) electrons. The molecule has 3 rings (SSSR count). The van der Waals surface area contributed by atoms with Crippen molar-refractivity contribution in [1.82, 2.24) is 14.5 Å². The van der Waals surface area contributed by atoms with E-state index in [1.165, 1.54) is 0 Å². The fourth-order valence-corrected chi connectivity index (χ4v) is 3.28. The van der Waals surface area contributed by atoms with E-state index >= 15 is 0 Å². The Morgan fingerprint density at radius 2 is 2.29 bits per heavy atom. The summed E-state index contributed by atoms with van der Waals surface area (Å²) in [6.07, 6.45) is 7.61. The average molecular weight is 329 g/mol. The molecule has 0 saturated carbocycles. The van der Waals surface area contributed by atoms with Crippen molar-refractivity contribution in [3.8, 4) is 0 Å². The number of carbonyl (C=O) groups is 1. The van der Waals surface area contributed by atoms with Crippen molar-refractivity contribution in [2.45, 2.75) is 25.3 Å². The predicted molar refractivity (Wildman–Crippen MR) is 91.0 cm³/mol. The minimum atomic E-state index is -0.443. The van der Waals surface area contributed by atoms with Gasteiger partial charge >= 0.3 is 0 Å². The molecular weight excluding hydrogens is 306 g/mol. The number of hydrogen-bond donors (Lipinski definition) is 1. The Balaban J connectivity index is 1.80. The summed E-state index contributed by atoms with van der Waals surface area (Å²) in [4.78, 5) is 22.8. The monoisotopic (exact) mass is 329 g/mol. The highest BCUT2D eigenvalue weighted by atomic mass is 16.5. The second-order valence-electron chi connectivity index (χ2n) is 6.00. The molecule has 1 amide bonds. The van der Waals surface area contributed by atoms with Crippen LogP contribution in [0.1, 0.15) is 34.9 Å². The second-order valence-corrected chi connectivity index (χ2v) is 6.00. The van der Waals surface area contributed by atoms with Gasteiger partial charge in [-0.15, -0.1) is 0 Å². The Bertz CT molecular complexity index is 700. The lowest BCUT2D eigenvalue weighted by atomic mass is 9.96. The van der Waals surface area contributed by atoms with Crippen molar-refractivity contribution >= 4 is 11.7 Å². The SMILES string of the molecule is COCCn1ccnc1[C@@H]1CCCN(c2ncccc2C(N)=O)C1. The number of ether oxygens (including phenoxy) is 1. The number of piperidine rings is 1. The van der Waals surface area contributed by atoms with Crippen LogP contribution in [0, 0.1) is 0 Å². The van der Waals surface area contributed by atoms with E-state index in [0.29, 0.717) is 23.9 Å². The number of rotatable bonds is 6. The number of amides is 1. The van der Waals surface area contributed by atoms with E-state index in [9.17, 15) is 4.79 Å². The highest BCUT2D eigenvalue weighted by molar-refractivity contribution is 5.97. The Morgan fingerprint density at radius 3 is 3.08 bits per heavy atom. The number of nitrogens with zero attached hydrogens (tertiary/aromatic N) is 4. The predicted octanol–water partition coefficient (Wildman–Crippen LogP) is 1.41. The first-order valence-corrected chi connectivity index (χ1v) is 8.20. The number of pyridine rings is 1. The Morgan fingerprint density at radius 1 is 1.42 bits per heavy atom. The second kappa shape index (κ2) is 7.44. The summed E-state index contributed by atoms with van der Waals surface area (Å²) in [5.74, 6) is 1.59. The molecular formula is C17H23N5O2. The van der Waals surface area contributed by atoms with Gasteiger partial charge in [-0.05, 0) is 25.0 Å². The number of anilines is 1. The molecule has 3 heterocycles. The topological polar surface area (TPSA) is 86.3 Å². The lowest BCUT2D eigenvalue weighted by molar-refractivity contribution is 0.100. The van der Waals surface area contributed by atoms with Crippen LogP contribution in [0.2, 0.25) is 0 Å². The van der Waals surface area contributed by atoms with Crippen LogP contribution < -0.4 is 10.6 Å². The molecule has 0 spiro atoms. The zero-order valence-corrected chi connectivity index (χ0v) is 13.9. The summed E-state index contributed by atoms with van der Waals surface area (Å²) in [5.41, 5.74) is 5.97. The third-order valence-electron chi connectivity index (χ3n) is 4.42. The first-order chi connectivity index (χ1) is 11.7. The van der Waals surface area contributed by atoms with E-state index in [-0.39, 0.29) is 0 Å². The van der Waals surface area contributed by atoms with Gasteiger partial charge in [-0.2, -0.15) is 0 Å². The number of imidazole rings is 1. The number of methoxy groups -OCH3 is 1. The van der Waals surface area contributed by atoms with Gasteiger partial charge < -0.3 is 19.9 Å². The van der Waals surface area contributed by atoms with Crippen LogP contribution in [-0.4, -0.2) is 47.2 Å².